The van der Waals surface area contributed by atoms with E-state index in [4.69, 9.17) is 0 Å². The van der Waals surface area contributed by atoms with Crippen LogP contribution in [0, 0.1) is 6.92 Å². The Morgan fingerprint density at radius 1 is 0.933 bits per heavy atom. The molecule has 0 fully saturated rings. The molecule has 30 heavy (non-hydrogen) atoms. The quantitative estimate of drug-likeness (QED) is 0.524. The SMILES string of the molecule is CCC(O)C(O)n1c(=O)c(-c2ccccc2C)c(-c2ccncc2)c2ccccc21. The molecule has 5 heteroatoms. The summed E-state index contributed by atoms with van der Waals surface area (Å²) in [5.74, 6) is 0. The maximum atomic E-state index is 13.9. The lowest BCUT2D eigenvalue weighted by Crippen LogP contribution is -2.33. The van der Waals surface area contributed by atoms with Crippen molar-refractivity contribution in [2.24, 2.45) is 0 Å². The maximum absolute atomic E-state index is 13.9. The molecule has 2 N–H and O–H groups in total. The van der Waals surface area contributed by atoms with Crippen LogP contribution in [0.2, 0.25) is 0 Å². The third-order valence-corrected chi connectivity index (χ3v) is 5.53. The van der Waals surface area contributed by atoms with Gasteiger partial charge in [0.2, 0.25) is 0 Å². The van der Waals surface area contributed by atoms with E-state index in [1.165, 1.54) is 4.57 Å². The second-order valence-electron chi connectivity index (χ2n) is 7.38. The van der Waals surface area contributed by atoms with Gasteiger partial charge < -0.3 is 10.2 Å². The lowest BCUT2D eigenvalue weighted by molar-refractivity contribution is -0.0288. The van der Waals surface area contributed by atoms with Gasteiger partial charge in [-0.2, -0.15) is 0 Å². The highest BCUT2D eigenvalue weighted by molar-refractivity contribution is 6.02. The van der Waals surface area contributed by atoms with Crippen LogP contribution in [0.1, 0.15) is 25.1 Å². The molecule has 2 aromatic carbocycles. The summed E-state index contributed by atoms with van der Waals surface area (Å²) in [5.41, 5.74) is 4.15. The molecule has 0 aliphatic heterocycles. The van der Waals surface area contributed by atoms with Crippen LogP contribution in [0.5, 0.6) is 0 Å². The maximum Gasteiger partial charge on any atom is 0.261 e. The number of rotatable bonds is 5. The van der Waals surface area contributed by atoms with Gasteiger partial charge in [-0.05, 0) is 48.2 Å². The molecule has 152 valence electrons. The highest BCUT2D eigenvalue weighted by Crippen LogP contribution is 2.37. The minimum atomic E-state index is -1.35. The zero-order chi connectivity index (χ0) is 21.3. The second kappa shape index (κ2) is 8.22. The Kier molecular flexibility index (Phi) is 5.48. The molecule has 2 atom stereocenters. The van der Waals surface area contributed by atoms with Crippen molar-refractivity contribution >= 4 is 10.9 Å². The Morgan fingerprint density at radius 3 is 2.30 bits per heavy atom. The molecule has 0 bridgehead atoms. The van der Waals surface area contributed by atoms with Crippen molar-refractivity contribution in [2.75, 3.05) is 0 Å². The fourth-order valence-corrected chi connectivity index (χ4v) is 3.93. The minimum absolute atomic E-state index is 0.327. The fourth-order valence-electron chi connectivity index (χ4n) is 3.93. The summed E-state index contributed by atoms with van der Waals surface area (Å²) < 4.78 is 1.32. The van der Waals surface area contributed by atoms with Crippen molar-refractivity contribution in [3.63, 3.8) is 0 Å². The Bertz CT molecular complexity index is 1250. The van der Waals surface area contributed by atoms with Crippen molar-refractivity contribution in [3.05, 3.63) is 89.0 Å². The van der Waals surface area contributed by atoms with Gasteiger partial charge in [-0.25, -0.2) is 0 Å². The summed E-state index contributed by atoms with van der Waals surface area (Å²) >= 11 is 0. The van der Waals surface area contributed by atoms with Gasteiger partial charge in [0.05, 0.1) is 17.2 Å². The van der Waals surface area contributed by atoms with E-state index in [-0.39, 0.29) is 5.56 Å². The van der Waals surface area contributed by atoms with Crippen molar-refractivity contribution in [2.45, 2.75) is 32.6 Å². The third kappa shape index (κ3) is 3.32. The number of pyridine rings is 2. The van der Waals surface area contributed by atoms with Crippen LogP contribution in [-0.2, 0) is 0 Å². The number of fused-ring (bicyclic) bond motifs is 1. The van der Waals surface area contributed by atoms with Gasteiger partial charge in [0.1, 0.15) is 0 Å². The highest BCUT2D eigenvalue weighted by atomic mass is 16.3. The third-order valence-electron chi connectivity index (χ3n) is 5.53. The zero-order valence-electron chi connectivity index (χ0n) is 17.0. The predicted octanol–water partition coefficient (Wildman–Crippen LogP) is 4.30. The molecule has 2 unspecified atom stereocenters. The minimum Gasteiger partial charge on any atom is -0.388 e. The highest BCUT2D eigenvalue weighted by Gasteiger charge is 2.26. The van der Waals surface area contributed by atoms with Gasteiger partial charge in [0.25, 0.3) is 5.56 Å². The van der Waals surface area contributed by atoms with Gasteiger partial charge in [-0.3, -0.25) is 14.3 Å². The van der Waals surface area contributed by atoms with E-state index < -0.39 is 12.3 Å². The molecule has 0 spiro atoms. The largest absolute Gasteiger partial charge is 0.388 e. The van der Waals surface area contributed by atoms with E-state index in [1.807, 2.05) is 61.5 Å². The van der Waals surface area contributed by atoms with Crippen LogP contribution in [0.3, 0.4) is 0 Å². The normalized spacial score (nSPS) is 13.3. The first-order valence-electron chi connectivity index (χ1n) is 10.0. The van der Waals surface area contributed by atoms with Gasteiger partial charge in [-0.15, -0.1) is 0 Å². The van der Waals surface area contributed by atoms with Crippen LogP contribution in [0.15, 0.2) is 77.9 Å². The molecule has 0 saturated heterocycles. The molecule has 0 aliphatic rings. The van der Waals surface area contributed by atoms with Crippen molar-refractivity contribution in [3.8, 4) is 22.3 Å². The molecule has 5 nitrogen and oxygen atoms in total. The standard InChI is InChI=1S/C25H24N2O3/c1-3-21(28)24(29)27-20-11-7-6-10-19(20)22(17-12-14-26-15-13-17)23(25(27)30)18-9-5-4-8-16(18)2/h4-15,21,24,28-29H,3H2,1-2H3. The predicted molar refractivity (Wildman–Crippen MR) is 119 cm³/mol. The van der Waals surface area contributed by atoms with Gasteiger partial charge in [-0.1, -0.05) is 49.4 Å². The zero-order valence-corrected chi connectivity index (χ0v) is 17.0. The Hall–Kier alpha value is -3.28. The molecule has 0 amide bonds. The van der Waals surface area contributed by atoms with Crippen molar-refractivity contribution in [1.82, 2.24) is 9.55 Å². The van der Waals surface area contributed by atoms with Gasteiger partial charge in [0, 0.05) is 23.3 Å². The number of aliphatic hydroxyl groups excluding tert-OH is 2. The topological polar surface area (TPSA) is 75.3 Å². The van der Waals surface area contributed by atoms with Crippen LogP contribution < -0.4 is 5.56 Å². The number of aryl methyl sites for hydroxylation is 1. The van der Waals surface area contributed by atoms with Gasteiger partial charge >= 0.3 is 0 Å². The van der Waals surface area contributed by atoms with E-state index in [2.05, 4.69) is 4.98 Å². The Morgan fingerprint density at radius 2 is 1.60 bits per heavy atom. The Balaban J connectivity index is 2.21. The molecular formula is C25H24N2O3. The number of benzene rings is 2. The summed E-state index contributed by atoms with van der Waals surface area (Å²) in [4.78, 5) is 18.0. The van der Waals surface area contributed by atoms with Crippen molar-refractivity contribution < 1.29 is 10.2 Å². The van der Waals surface area contributed by atoms with Crippen LogP contribution in [0.25, 0.3) is 33.2 Å². The summed E-state index contributed by atoms with van der Waals surface area (Å²) in [6, 6.07) is 18.9. The molecular weight excluding hydrogens is 376 g/mol. The van der Waals surface area contributed by atoms with E-state index in [0.717, 1.165) is 27.6 Å². The van der Waals surface area contributed by atoms with Crippen LogP contribution >= 0.6 is 0 Å². The number of nitrogens with zero attached hydrogens (tertiary/aromatic N) is 2. The smallest absolute Gasteiger partial charge is 0.261 e. The number of aromatic nitrogens is 2. The Labute approximate surface area is 174 Å². The summed E-state index contributed by atoms with van der Waals surface area (Å²) in [6.07, 6.45) is 1.33. The number of aliphatic hydroxyl groups is 2. The van der Waals surface area contributed by atoms with Gasteiger partial charge in [0.15, 0.2) is 6.23 Å². The molecule has 2 heterocycles. The van der Waals surface area contributed by atoms with E-state index in [0.29, 0.717) is 17.5 Å². The average molecular weight is 400 g/mol. The molecule has 0 aliphatic carbocycles. The summed E-state index contributed by atoms with van der Waals surface area (Å²) in [7, 11) is 0. The number of para-hydroxylation sites is 1. The first kappa shape index (κ1) is 20.0. The summed E-state index contributed by atoms with van der Waals surface area (Å²) in [6.45, 7) is 3.73. The van der Waals surface area contributed by atoms with E-state index in [9.17, 15) is 15.0 Å². The fraction of sp³-hybridized carbons (Fsp3) is 0.200. The number of hydrogen-bond acceptors (Lipinski definition) is 4. The van der Waals surface area contributed by atoms with Crippen LogP contribution in [0.4, 0.5) is 0 Å². The average Bonchev–Trinajstić information content (AvgIpc) is 2.78. The molecule has 0 saturated carbocycles. The van der Waals surface area contributed by atoms with E-state index in [1.54, 1.807) is 25.4 Å². The molecule has 4 rings (SSSR count). The van der Waals surface area contributed by atoms with E-state index >= 15 is 0 Å². The number of hydrogen-bond donors (Lipinski definition) is 2. The molecule has 0 radical (unpaired) electrons. The van der Waals surface area contributed by atoms with Crippen LogP contribution in [-0.4, -0.2) is 25.9 Å². The molecule has 2 aromatic heterocycles. The summed E-state index contributed by atoms with van der Waals surface area (Å²) in [5, 5.41) is 22.0. The molecule has 4 aromatic rings. The lowest BCUT2D eigenvalue weighted by Gasteiger charge is -2.24. The lowest BCUT2D eigenvalue weighted by atomic mass is 9.90. The second-order valence-corrected chi connectivity index (χ2v) is 7.38. The first-order chi connectivity index (χ1) is 14.5. The first-order valence-corrected chi connectivity index (χ1v) is 10.0. The van der Waals surface area contributed by atoms with Crippen molar-refractivity contribution in [1.29, 1.82) is 0 Å². The monoisotopic (exact) mass is 400 g/mol.